The number of aliphatic hydroxyl groups is 1. The van der Waals surface area contributed by atoms with Crippen LogP contribution in [0.25, 0.3) is 16.0 Å². The average Bonchev–Trinajstić information content (AvgIpc) is 3.41. The first-order valence-electron chi connectivity index (χ1n) is 10.9. The van der Waals surface area contributed by atoms with Gasteiger partial charge in [-0.15, -0.1) is 0 Å². The quantitative estimate of drug-likeness (QED) is 0.236. The molecule has 1 atom stereocenters. The molecule has 1 amide bonds. The van der Waals surface area contributed by atoms with Crippen molar-refractivity contribution in [3.63, 3.8) is 0 Å². The summed E-state index contributed by atoms with van der Waals surface area (Å²) in [7, 11) is 3.04. The van der Waals surface area contributed by atoms with E-state index in [2.05, 4.69) is 4.98 Å². The lowest BCUT2D eigenvalue weighted by atomic mass is 9.94. The van der Waals surface area contributed by atoms with E-state index >= 15 is 0 Å². The molecule has 0 unspecified atom stereocenters. The van der Waals surface area contributed by atoms with E-state index in [0.717, 1.165) is 15.8 Å². The van der Waals surface area contributed by atoms with Gasteiger partial charge in [-0.2, -0.15) is 0 Å². The van der Waals surface area contributed by atoms with Gasteiger partial charge in [0.05, 0.1) is 30.0 Å². The number of aryl methyl sites for hydroxylation is 1. The highest BCUT2D eigenvalue weighted by atomic mass is 32.1. The summed E-state index contributed by atoms with van der Waals surface area (Å²) >= 11 is 1.32. The zero-order chi connectivity index (χ0) is 24.7. The molecule has 0 bridgehead atoms. The molecule has 2 heterocycles. The van der Waals surface area contributed by atoms with Gasteiger partial charge in [0, 0.05) is 11.1 Å². The molecule has 8 heteroatoms. The molecule has 1 aliphatic heterocycles. The monoisotopic (exact) mass is 486 g/mol. The first kappa shape index (κ1) is 22.6. The third-order valence-electron chi connectivity index (χ3n) is 5.96. The van der Waals surface area contributed by atoms with Crippen molar-refractivity contribution in [1.82, 2.24) is 4.98 Å². The first-order valence-corrected chi connectivity index (χ1v) is 11.7. The molecule has 7 nitrogen and oxygen atoms in total. The number of Topliss-reactive ketones (excluding diaryl/α,β-unsaturated/α-hetero) is 1. The molecule has 1 aromatic heterocycles. The molecule has 0 aliphatic carbocycles. The lowest BCUT2D eigenvalue weighted by Crippen LogP contribution is -2.29. The van der Waals surface area contributed by atoms with Crippen molar-refractivity contribution in [2.75, 3.05) is 19.1 Å². The van der Waals surface area contributed by atoms with Crippen molar-refractivity contribution in [3.05, 3.63) is 89.0 Å². The summed E-state index contributed by atoms with van der Waals surface area (Å²) in [5.41, 5.74) is 2.68. The van der Waals surface area contributed by atoms with Gasteiger partial charge >= 0.3 is 5.91 Å². The van der Waals surface area contributed by atoms with E-state index in [1.807, 2.05) is 25.1 Å². The van der Waals surface area contributed by atoms with E-state index in [9.17, 15) is 14.7 Å². The number of ketones is 1. The third-order valence-corrected chi connectivity index (χ3v) is 6.98. The number of aromatic nitrogens is 1. The number of thiazole rings is 1. The zero-order valence-corrected chi connectivity index (χ0v) is 20.1. The largest absolute Gasteiger partial charge is 0.507 e. The minimum Gasteiger partial charge on any atom is -0.507 e. The Bertz CT molecular complexity index is 1510. The fourth-order valence-corrected chi connectivity index (χ4v) is 5.36. The number of fused-ring (bicyclic) bond motifs is 1. The van der Waals surface area contributed by atoms with Crippen molar-refractivity contribution in [2.24, 2.45) is 0 Å². The Balaban J connectivity index is 1.76. The summed E-state index contributed by atoms with van der Waals surface area (Å²) in [5, 5.41) is 11.7. The summed E-state index contributed by atoms with van der Waals surface area (Å²) in [6.45, 7) is 1.98. The highest BCUT2D eigenvalue weighted by Gasteiger charge is 2.49. The van der Waals surface area contributed by atoms with Gasteiger partial charge < -0.3 is 14.6 Å². The van der Waals surface area contributed by atoms with E-state index in [1.165, 1.54) is 30.5 Å². The fraction of sp³-hybridized carbons (Fsp3) is 0.148. The number of hydrogen-bond donors (Lipinski definition) is 1. The van der Waals surface area contributed by atoms with Crippen LogP contribution >= 0.6 is 11.3 Å². The number of amides is 1. The molecule has 3 aromatic carbocycles. The number of rotatable bonds is 5. The van der Waals surface area contributed by atoms with Gasteiger partial charge in [0.2, 0.25) is 0 Å². The molecule has 35 heavy (non-hydrogen) atoms. The van der Waals surface area contributed by atoms with Gasteiger partial charge in [0.25, 0.3) is 5.78 Å². The van der Waals surface area contributed by atoms with Crippen LogP contribution in [0.4, 0.5) is 5.13 Å². The summed E-state index contributed by atoms with van der Waals surface area (Å²) in [4.78, 5) is 32.8. The van der Waals surface area contributed by atoms with E-state index in [-0.39, 0.29) is 11.3 Å². The van der Waals surface area contributed by atoms with Crippen LogP contribution in [-0.2, 0) is 9.59 Å². The van der Waals surface area contributed by atoms with E-state index in [0.29, 0.717) is 27.8 Å². The molecule has 0 radical (unpaired) electrons. The maximum absolute atomic E-state index is 13.4. The number of aliphatic hydroxyl groups excluding tert-OH is 1. The van der Waals surface area contributed by atoms with Crippen molar-refractivity contribution >= 4 is 44.1 Å². The molecule has 1 saturated heterocycles. The van der Waals surface area contributed by atoms with Crippen LogP contribution in [0.2, 0.25) is 0 Å². The van der Waals surface area contributed by atoms with Crippen LogP contribution in [0.5, 0.6) is 11.5 Å². The minimum atomic E-state index is -0.931. The normalized spacial score (nSPS) is 17.2. The van der Waals surface area contributed by atoms with Crippen LogP contribution in [0.1, 0.15) is 22.7 Å². The molecule has 5 rings (SSSR count). The number of anilines is 1. The van der Waals surface area contributed by atoms with E-state index < -0.39 is 17.7 Å². The maximum atomic E-state index is 13.4. The smallest absolute Gasteiger partial charge is 0.301 e. The van der Waals surface area contributed by atoms with Gasteiger partial charge in [-0.25, -0.2) is 4.98 Å². The van der Waals surface area contributed by atoms with Crippen LogP contribution in [0.3, 0.4) is 0 Å². The van der Waals surface area contributed by atoms with Crippen LogP contribution in [-0.4, -0.2) is 36.0 Å². The lowest BCUT2D eigenvalue weighted by molar-refractivity contribution is -0.132. The summed E-state index contributed by atoms with van der Waals surface area (Å²) in [5.74, 6) is -0.855. The Hall–Kier alpha value is -4.17. The molecule has 1 N–H and O–H groups in total. The molecular weight excluding hydrogens is 464 g/mol. The first-order chi connectivity index (χ1) is 16.9. The standard InChI is InChI=1S/C27H22N2O5S/c1-15-11-12-19-21(13-15)35-27(28-19)29-23(18-9-4-5-10-20(18)34-3)22(25(31)26(29)32)24(30)16-7-6-8-17(14-16)33-2/h4-14,23,30H,1-3H3/t23-/m0/s1. The number of hydrogen-bond acceptors (Lipinski definition) is 7. The zero-order valence-electron chi connectivity index (χ0n) is 19.3. The molecular formula is C27H22N2O5S. The highest BCUT2D eigenvalue weighted by molar-refractivity contribution is 7.22. The Morgan fingerprint density at radius 3 is 2.57 bits per heavy atom. The van der Waals surface area contributed by atoms with Gasteiger partial charge in [-0.05, 0) is 42.8 Å². The van der Waals surface area contributed by atoms with Gasteiger partial charge in [0.1, 0.15) is 23.3 Å². The van der Waals surface area contributed by atoms with Crippen LogP contribution in [0, 0.1) is 6.92 Å². The number of carbonyl (C=O) groups is 2. The SMILES string of the molecule is COc1cccc(C(O)=C2C(=O)C(=O)N(c3nc4ccc(C)cc4s3)[C@H]2c2ccccc2OC)c1. The molecule has 1 aliphatic rings. The summed E-state index contributed by atoms with van der Waals surface area (Å²) in [6.07, 6.45) is 0. The Labute approximate surface area is 205 Å². The molecule has 176 valence electrons. The second-order valence-electron chi connectivity index (χ2n) is 8.11. The average molecular weight is 487 g/mol. The van der Waals surface area contributed by atoms with E-state index in [1.54, 1.807) is 48.5 Å². The summed E-state index contributed by atoms with van der Waals surface area (Å²) < 4.78 is 11.7. The highest BCUT2D eigenvalue weighted by Crippen LogP contribution is 2.46. The van der Waals surface area contributed by atoms with Crippen molar-refractivity contribution in [2.45, 2.75) is 13.0 Å². The third kappa shape index (κ3) is 3.81. The second kappa shape index (κ2) is 8.88. The van der Waals surface area contributed by atoms with Crippen LogP contribution in [0.15, 0.2) is 72.3 Å². The van der Waals surface area contributed by atoms with Gasteiger partial charge in [-0.1, -0.05) is 47.7 Å². The molecule has 4 aromatic rings. The number of carbonyl (C=O) groups excluding carboxylic acids is 2. The number of nitrogens with zero attached hydrogens (tertiary/aromatic N) is 2. The predicted molar refractivity (Wildman–Crippen MR) is 135 cm³/mol. The van der Waals surface area contributed by atoms with Crippen molar-refractivity contribution in [3.8, 4) is 11.5 Å². The number of benzene rings is 3. The van der Waals surface area contributed by atoms with Gasteiger partial charge in [-0.3, -0.25) is 14.5 Å². The number of ether oxygens (including phenoxy) is 2. The Morgan fingerprint density at radius 1 is 1.00 bits per heavy atom. The van der Waals surface area contributed by atoms with Crippen molar-refractivity contribution in [1.29, 1.82) is 0 Å². The lowest BCUT2D eigenvalue weighted by Gasteiger charge is -2.24. The predicted octanol–water partition coefficient (Wildman–Crippen LogP) is 5.25. The molecule has 1 fully saturated rings. The fourth-order valence-electron chi connectivity index (χ4n) is 4.26. The van der Waals surface area contributed by atoms with Crippen LogP contribution < -0.4 is 14.4 Å². The molecule has 0 saturated carbocycles. The van der Waals surface area contributed by atoms with E-state index in [4.69, 9.17) is 9.47 Å². The number of methoxy groups -OCH3 is 2. The Kier molecular flexibility index (Phi) is 5.74. The Morgan fingerprint density at radius 2 is 1.80 bits per heavy atom. The maximum Gasteiger partial charge on any atom is 0.301 e. The van der Waals surface area contributed by atoms with Crippen molar-refractivity contribution < 1.29 is 24.2 Å². The topological polar surface area (TPSA) is 89.0 Å². The minimum absolute atomic E-state index is 0.0387. The summed E-state index contributed by atoms with van der Waals surface area (Å²) in [6, 6.07) is 18.7. The number of para-hydroxylation sites is 1. The van der Waals surface area contributed by atoms with Gasteiger partial charge in [0.15, 0.2) is 5.13 Å². The molecule has 0 spiro atoms. The second-order valence-corrected chi connectivity index (χ2v) is 9.12.